The van der Waals surface area contributed by atoms with E-state index in [-0.39, 0.29) is 12.3 Å². The molecule has 16 heavy (non-hydrogen) atoms. The summed E-state index contributed by atoms with van der Waals surface area (Å²) in [5.41, 5.74) is 2.39. The number of nitrogens with two attached hydrogens (primary N) is 1. The molecule has 86 valence electrons. The molecule has 1 aromatic rings. The third-order valence-corrected chi connectivity index (χ3v) is 1.90. The molecule has 0 unspecified atom stereocenters. The van der Waals surface area contributed by atoms with Gasteiger partial charge in [-0.1, -0.05) is 0 Å². The number of rotatable bonds is 4. The fourth-order valence-corrected chi connectivity index (χ4v) is 1.11. The van der Waals surface area contributed by atoms with E-state index in [4.69, 9.17) is 10.6 Å². The molecule has 0 aromatic heterocycles. The number of ether oxygens (including phenoxy) is 1. The van der Waals surface area contributed by atoms with Crippen LogP contribution in [0.4, 0.5) is 5.69 Å². The van der Waals surface area contributed by atoms with E-state index in [2.05, 4.69) is 0 Å². The largest absolute Gasteiger partial charge is 0.484 e. The highest BCUT2D eigenvalue weighted by atomic mass is 16.6. The Morgan fingerprint density at radius 2 is 2.31 bits per heavy atom. The average Bonchev–Trinajstić information content (AvgIpc) is 2.25. The van der Waals surface area contributed by atoms with E-state index in [9.17, 15) is 14.9 Å². The van der Waals surface area contributed by atoms with E-state index in [1.807, 2.05) is 5.43 Å². The van der Waals surface area contributed by atoms with Crippen LogP contribution in [-0.2, 0) is 4.79 Å². The lowest BCUT2D eigenvalue weighted by Gasteiger charge is -2.05. The van der Waals surface area contributed by atoms with Crippen LogP contribution < -0.4 is 16.0 Å². The second-order valence-electron chi connectivity index (χ2n) is 3.06. The molecule has 0 aliphatic rings. The molecule has 0 heterocycles. The van der Waals surface area contributed by atoms with Crippen molar-refractivity contribution in [1.29, 1.82) is 0 Å². The molecule has 7 heteroatoms. The molecule has 3 N–H and O–H groups in total. The first kappa shape index (κ1) is 11.9. The van der Waals surface area contributed by atoms with Crippen molar-refractivity contribution in [3.05, 3.63) is 33.9 Å². The van der Waals surface area contributed by atoms with Crippen LogP contribution in [-0.4, -0.2) is 17.4 Å². The molecule has 0 atom stereocenters. The highest BCUT2D eigenvalue weighted by Crippen LogP contribution is 2.22. The maximum absolute atomic E-state index is 10.8. The van der Waals surface area contributed by atoms with Crippen LogP contribution in [0.15, 0.2) is 18.2 Å². The third-order valence-electron chi connectivity index (χ3n) is 1.90. The molecule has 7 nitrogen and oxygen atoms in total. The summed E-state index contributed by atoms with van der Waals surface area (Å²) in [6, 6.07) is 4.24. The minimum absolute atomic E-state index is 0.00984. The SMILES string of the molecule is Cc1cc(OCC(=O)NN)ccc1[N+](=O)[O-]. The number of nitro benzene ring substituents is 1. The fourth-order valence-electron chi connectivity index (χ4n) is 1.11. The van der Waals surface area contributed by atoms with Crippen LogP contribution in [0.3, 0.4) is 0 Å². The van der Waals surface area contributed by atoms with Crippen molar-refractivity contribution in [1.82, 2.24) is 5.43 Å². The van der Waals surface area contributed by atoms with Crippen LogP contribution in [0.2, 0.25) is 0 Å². The summed E-state index contributed by atoms with van der Waals surface area (Å²) in [6.07, 6.45) is 0. The van der Waals surface area contributed by atoms with Gasteiger partial charge in [-0.2, -0.15) is 0 Å². The van der Waals surface area contributed by atoms with E-state index >= 15 is 0 Å². The molecule has 0 bridgehead atoms. The number of nitrogens with one attached hydrogen (secondary N) is 1. The number of hydrazine groups is 1. The Morgan fingerprint density at radius 3 is 2.81 bits per heavy atom. The van der Waals surface area contributed by atoms with E-state index in [1.165, 1.54) is 18.2 Å². The monoisotopic (exact) mass is 225 g/mol. The van der Waals surface area contributed by atoms with E-state index < -0.39 is 10.8 Å². The van der Waals surface area contributed by atoms with Gasteiger partial charge in [0, 0.05) is 11.6 Å². The number of amides is 1. The molecule has 0 radical (unpaired) electrons. The lowest BCUT2D eigenvalue weighted by Crippen LogP contribution is -2.34. The van der Waals surface area contributed by atoms with Gasteiger partial charge >= 0.3 is 0 Å². The predicted molar refractivity (Wildman–Crippen MR) is 55.7 cm³/mol. The zero-order valence-corrected chi connectivity index (χ0v) is 8.60. The van der Waals surface area contributed by atoms with Crippen LogP contribution in [0.25, 0.3) is 0 Å². The van der Waals surface area contributed by atoms with Gasteiger partial charge in [-0.3, -0.25) is 20.3 Å². The molecule has 0 saturated carbocycles. The number of hydrogen-bond acceptors (Lipinski definition) is 5. The number of benzene rings is 1. The lowest BCUT2D eigenvalue weighted by atomic mass is 10.2. The molecule has 0 spiro atoms. The summed E-state index contributed by atoms with van der Waals surface area (Å²) in [5.74, 6) is 4.77. The minimum atomic E-state index is -0.480. The number of hydrogen-bond donors (Lipinski definition) is 2. The Balaban J connectivity index is 2.74. The van der Waals surface area contributed by atoms with Gasteiger partial charge in [0.05, 0.1) is 4.92 Å². The van der Waals surface area contributed by atoms with Crippen molar-refractivity contribution in [2.45, 2.75) is 6.92 Å². The highest BCUT2D eigenvalue weighted by molar-refractivity contribution is 5.76. The molecule has 1 aromatic carbocycles. The van der Waals surface area contributed by atoms with Gasteiger partial charge < -0.3 is 4.74 Å². The molecule has 1 rings (SSSR count). The zero-order chi connectivity index (χ0) is 12.1. The normalized spacial score (nSPS) is 9.62. The zero-order valence-electron chi connectivity index (χ0n) is 8.60. The van der Waals surface area contributed by atoms with Gasteiger partial charge in [0.25, 0.3) is 11.6 Å². The van der Waals surface area contributed by atoms with Gasteiger partial charge in [0.1, 0.15) is 5.75 Å². The quantitative estimate of drug-likeness (QED) is 0.331. The van der Waals surface area contributed by atoms with Crippen molar-refractivity contribution >= 4 is 11.6 Å². The van der Waals surface area contributed by atoms with Crippen LogP contribution in [0, 0.1) is 17.0 Å². The van der Waals surface area contributed by atoms with Crippen molar-refractivity contribution < 1.29 is 14.5 Å². The summed E-state index contributed by atoms with van der Waals surface area (Å²) in [5, 5.41) is 10.5. The number of nitrogens with zero attached hydrogens (tertiary/aromatic N) is 1. The number of carbonyl (C=O) groups excluding carboxylic acids is 1. The number of nitro groups is 1. The van der Waals surface area contributed by atoms with Gasteiger partial charge in [-0.15, -0.1) is 0 Å². The van der Waals surface area contributed by atoms with Gasteiger partial charge in [0.2, 0.25) is 0 Å². The van der Waals surface area contributed by atoms with Gasteiger partial charge in [-0.05, 0) is 19.1 Å². The summed E-state index contributed by atoms with van der Waals surface area (Å²) in [6.45, 7) is 1.36. The van der Waals surface area contributed by atoms with Crippen molar-refractivity contribution in [3.8, 4) is 5.75 Å². The van der Waals surface area contributed by atoms with Gasteiger partial charge in [0.15, 0.2) is 6.61 Å². The first-order valence-corrected chi connectivity index (χ1v) is 4.42. The standard InChI is InChI=1S/C9H11N3O4/c1-6-4-7(16-5-9(13)11-10)2-3-8(6)12(14)15/h2-4H,5,10H2,1H3,(H,11,13). The third kappa shape index (κ3) is 2.92. The van der Waals surface area contributed by atoms with E-state index in [1.54, 1.807) is 6.92 Å². The fraction of sp³-hybridized carbons (Fsp3) is 0.222. The minimum Gasteiger partial charge on any atom is -0.484 e. The maximum Gasteiger partial charge on any atom is 0.272 e. The predicted octanol–water partition coefficient (Wildman–Crippen LogP) is 0.272. The molecular formula is C9H11N3O4. The molecular weight excluding hydrogens is 214 g/mol. The summed E-state index contributed by atoms with van der Waals surface area (Å²) < 4.78 is 5.06. The second-order valence-corrected chi connectivity index (χ2v) is 3.06. The summed E-state index contributed by atoms with van der Waals surface area (Å²) >= 11 is 0. The Bertz CT molecular complexity index is 419. The Hall–Kier alpha value is -2.15. The summed E-state index contributed by atoms with van der Waals surface area (Å²) in [4.78, 5) is 20.8. The van der Waals surface area contributed by atoms with Crippen LogP contribution in [0.5, 0.6) is 5.75 Å². The molecule has 1 amide bonds. The first-order chi connectivity index (χ1) is 7.54. The van der Waals surface area contributed by atoms with Crippen molar-refractivity contribution in [2.24, 2.45) is 5.84 Å². The first-order valence-electron chi connectivity index (χ1n) is 4.42. The molecule has 0 aliphatic carbocycles. The topological polar surface area (TPSA) is 107 Å². The number of aryl methyl sites for hydroxylation is 1. The average molecular weight is 225 g/mol. The Kier molecular flexibility index (Phi) is 3.78. The molecule has 0 fully saturated rings. The molecule has 0 aliphatic heterocycles. The Morgan fingerprint density at radius 1 is 1.62 bits per heavy atom. The van der Waals surface area contributed by atoms with E-state index in [0.29, 0.717) is 11.3 Å². The highest BCUT2D eigenvalue weighted by Gasteiger charge is 2.11. The summed E-state index contributed by atoms with van der Waals surface area (Å²) in [7, 11) is 0. The second kappa shape index (κ2) is 5.08. The Labute approximate surface area is 91.3 Å². The van der Waals surface area contributed by atoms with Gasteiger partial charge in [-0.25, -0.2) is 5.84 Å². The van der Waals surface area contributed by atoms with Crippen LogP contribution in [0.1, 0.15) is 5.56 Å². The number of carbonyl (C=O) groups is 1. The van der Waals surface area contributed by atoms with E-state index in [0.717, 1.165) is 0 Å². The van der Waals surface area contributed by atoms with Crippen molar-refractivity contribution in [3.63, 3.8) is 0 Å². The smallest absolute Gasteiger partial charge is 0.272 e. The molecule has 0 saturated heterocycles. The maximum atomic E-state index is 10.8. The van der Waals surface area contributed by atoms with Crippen LogP contribution >= 0.6 is 0 Å². The van der Waals surface area contributed by atoms with Crippen molar-refractivity contribution in [2.75, 3.05) is 6.61 Å². The lowest BCUT2D eigenvalue weighted by molar-refractivity contribution is -0.385.